The maximum atomic E-state index is 12.9. The van der Waals surface area contributed by atoms with Crippen molar-refractivity contribution in [2.75, 3.05) is 31.5 Å². The SMILES string of the molecule is CCN(CC(=O)Nc1ccccc1C(F)(F)F)C(=O)C1CCNC1.Cl. The summed E-state index contributed by atoms with van der Waals surface area (Å²) in [6, 6.07) is 4.77. The average Bonchev–Trinajstić information content (AvgIpc) is 3.06. The number of carbonyl (C=O) groups excluding carboxylic acids is 2. The molecule has 1 aliphatic rings. The molecule has 1 saturated heterocycles. The van der Waals surface area contributed by atoms with Crippen molar-refractivity contribution in [1.82, 2.24) is 10.2 Å². The van der Waals surface area contributed by atoms with E-state index in [0.29, 0.717) is 19.5 Å². The van der Waals surface area contributed by atoms with E-state index < -0.39 is 17.6 Å². The molecule has 0 radical (unpaired) electrons. The highest BCUT2D eigenvalue weighted by Gasteiger charge is 2.34. The molecule has 1 atom stereocenters. The van der Waals surface area contributed by atoms with E-state index in [2.05, 4.69) is 10.6 Å². The van der Waals surface area contributed by atoms with E-state index in [1.165, 1.54) is 23.1 Å². The van der Waals surface area contributed by atoms with Gasteiger partial charge in [-0.3, -0.25) is 9.59 Å². The standard InChI is InChI=1S/C16H20F3N3O2.ClH/c1-2-22(15(24)11-7-8-20-9-11)10-14(23)21-13-6-4-3-5-12(13)16(17,18)19;/h3-6,11,20H,2,7-10H2,1H3,(H,21,23);1H. The van der Waals surface area contributed by atoms with Gasteiger partial charge in [0.15, 0.2) is 0 Å². The molecule has 0 bridgehead atoms. The first-order chi connectivity index (χ1) is 11.3. The van der Waals surface area contributed by atoms with Crippen LogP contribution in [-0.2, 0) is 15.8 Å². The molecular formula is C16H21ClF3N3O2. The number of likely N-dealkylation sites (N-methyl/N-ethyl adjacent to an activating group) is 1. The minimum Gasteiger partial charge on any atom is -0.333 e. The van der Waals surface area contributed by atoms with Crippen LogP contribution in [0.2, 0.25) is 0 Å². The second-order valence-electron chi connectivity index (χ2n) is 5.63. The van der Waals surface area contributed by atoms with E-state index >= 15 is 0 Å². The average molecular weight is 380 g/mol. The third-order valence-corrected chi connectivity index (χ3v) is 3.94. The summed E-state index contributed by atoms with van der Waals surface area (Å²) in [6.07, 6.45) is -3.85. The number of nitrogens with one attached hydrogen (secondary N) is 2. The second kappa shape index (κ2) is 9.05. The van der Waals surface area contributed by atoms with Gasteiger partial charge in [0.2, 0.25) is 11.8 Å². The molecule has 25 heavy (non-hydrogen) atoms. The number of benzene rings is 1. The van der Waals surface area contributed by atoms with Gasteiger partial charge in [-0.15, -0.1) is 12.4 Å². The highest BCUT2D eigenvalue weighted by molar-refractivity contribution is 5.95. The molecule has 2 amide bonds. The number of hydrogen-bond acceptors (Lipinski definition) is 3. The van der Waals surface area contributed by atoms with Crippen molar-refractivity contribution < 1.29 is 22.8 Å². The Labute approximate surface area is 150 Å². The first-order valence-electron chi connectivity index (χ1n) is 7.78. The number of anilines is 1. The molecule has 0 saturated carbocycles. The molecule has 1 aliphatic heterocycles. The van der Waals surface area contributed by atoms with Gasteiger partial charge in [-0.25, -0.2) is 0 Å². The van der Waals surface area contributed by atoms with Gasteiger partial charge < -0.3 is 15.5 Å². The van der Waals surface area contributed by atoms with E-state index in [0.717, 1.165) is 12.6 Å². The Bertz CT molecular complexity index is 605. The third kappa shape index (κ3) is 5.61. The van der Waals surface area contributed by atoms with Crippen LogP contribution < -0.4 is 10.6 Å². The van der Waals surface area contributed by atoms with Crippen molar-refractivity contribution in [2.45, 2.75) is 19.5 Å². The maximum Gasteiger partial charge on any atom is 0.418 e. The van der Waals surface area contributed by atoms with Gasteiger partial charge in [0.25, 0.3) is 0 Å². The third-order valence-electron chi connectivity index (χ3n) is 3.94. The van der Waals surface area contributed by atoms with E-state index in [4.69, 9.17) is 0 Å². The minimum absolute atomic E-state index is 0. The normalized spacial score (nSPS) is 16.9. The summed E-state index contributed by atoms with van der Waals surface area (Å²) in [5.41, 5.74) is -1.21. The number of para-hydroxylation sites is 1. The molecule has 1 heterocycles. The van der Waals surface area contributed by atoms with Crippen LogP contribution in [0.15, 0.2) is 24.3 Å². The predicted octanol–water partition coefficient (Wildman–Crippen LogP) is 2.52. The first kappa shape index (κ1) is 21.2. The number of hydrogen-bond donors (Lipinski definition) is 2. The van der Waals surface area contributed by atoms with E-state index in [9.17, 15) is 22.8 Å². The Morgan fingerprint density at radius 2 is 2.00 bits per heavy atom. The van der Waals surface area contributed by atoms with Crippen LogP contribution in [0.25, 0.3) is 0 Å². The Morgan fingerprint density at radius 3 is 2.56 bits per heavy atom. The second-order valence-corrected chi connectivity index (χ2v) is 5.63. The van der Waals surface area contributed by atoms with Crippen molar-refractivity contribution in [3.05, 3.63) is 29.8 Å². The lowest BCUT2D eigenvalue weighted by atomic mass is 10.1. The summed E-state index contributed by atoms with van der Waals surface area (Å²) < 4.78 is 38.8. The fourth-order valence-electron chi connectivity index (χ4n) is 2.67. The van der Waals surface area contributed by atoms with Gasteiger partial charge in [-0.2, -0.15) is 13.2 Å². The van der Waals surface area contributed by atoms with Gasteiger partial charge in [-0.05, 0) is 32.0 Å². The summed E-state index contributed by atoms with van der Waals surface area (Å²) >= 11 is 0. The zero-order chi connectivity index (χ0) is 17.7. The molecule has 0 aromatic heterocycles. The molecule has 1 fully saturated rings. The van der Waals surface area contributed by atoms with Gasteiger partial charge in [-0.1, -0.05) is 12.1 Å². The van der Waals surface area contributed by atoms with E-state index in [1.807, 2.05) is 0 Å². The van der Waals surface area contributed by atoms with E-state index in [1.54, 1.807) is 6.92 Å². The van der Waals surface area contributed by atoms with Crippen molar-refractivity contribution >= 4 is 29.9 Å². The fourth-order valence-corrected chi connectivity index (χ4v) is 2.67. The molecule has 140 valence electrons. The molecule has 2 rings (SSSR count). The Kier molecular flexibility index (Phi) is 7.69. The maximum absolute atomic E-state index is 12.9. The van der Waals surface area contributed by atoms with Crippen molar-refractivity contribution in [3.8, 4) is 0 Å². The number of halogens is 4. The van der Waals surface area contributed by atoms with Gasteiger partial charge in [0.05, 0.1) is 23.7 Å². The number of rotatable bonds is 5. The van der Waals surface area contributed by atoms with Crippen LogP contribution in [0.1, 0.15) is 18.9 Å². The predicted molar refractivity (Wildman–Crippen MR) is 90.6 cm³/mol. The van der Waals surface area contributed by atoms with Crippen molar-refractivity contribution in [1.29, 1.82) is 0 Å². The molecule has 1 unspecified atom stereocenters. The smallest absolute Gasteiger partial charge is 0.333 e. The topological polar surface area (TPSA) is 61.4 Å². The van der Waals surface area contributed by atoms with Crippen LogP contribution in [0.5, 0.6) is 0 Å². The molecular weight excluding hydrogens is 359 g/mol. The largest absolute Gasteiger partial charge is 0.418 e. The van der Waals surface area contributed by atoms with Crippen LogP contribution in [0.3, 0.4) is 0 Å². The molecule has 2 N–H and O–H groups in total. The molecule has 1 aromatic carbocycles. The fraction of sp³-hybridized carbons (Fsp3) is 0.500. The van der Waals surface area contributed by atoms with Crippen LogP contribution in [0, 0.1) is 5.92 Å². The lowest BCUT2D eigenvalue weighted by Crippen LogP contribution is -2.41. The van der Waals surface area contributed by atoms with Gasteiger partial charge in [0.1, 0.15) is 0 Å². The summed E-state index contributed by atoms with van der Waals surface area (Å²) in [4.78, 5) is 25.8. The number of amides is 2. The van der Waals surface area contributed by atoms with Crippen LogP contribution in [-0.4, -0.2) is 42.9 Å². The Morgan fingerprint density at radius 1 is 1.32 bits per heavy atom. The number of carbonyl (C=O) groups is 2. The summed E-state index contributed by atoms with van der Waals surface area (Å²) in [6.45, 7) is 3.10. The van der Waals surface area contributed by atoms with Gasteiger partial charge >= 0.3 is 6.18 Å². The lowest BCUT2D eigenvalue weighted by molar-refractivity contribution is -0.138. The summed E-state index contributed by atoms with van der Waals surface area (Å²) in [7, 11) is 0. The lowest BCUT2D eigenvalue weighted by Gasteiger charge is -2.23. The zero-order valence-corrected chi connectivity index (χ0v) is 14.5. The molecule has 9 heteroatoms. The monoisotopic (exact) mass is 379 g/mol. The van der Waals surface area contributed by atoms with E-state index in [-0.39, 0.29) is 36.5 Å². The zero-order valence-electron chi connectivity index (χ0n) is 13.7. The highest BCUT2D eigenvalue weighted by atomic mass is 35.5. The van der Waals surface area contributed by atoms with Gasteiger partial charge in [0, 0.05) is 13.1 Å². The van der Waals surface area contributed by atoms with Crippen molar-refractivity contribution in [2.24, 2.45) is 5.92 Å². The molecule has 0 aliphatic carbocycles. The highest BCUT2D eigenvalue weighted by Crippen LogP contribution is 2.34. The van der Waals surface area contributed by atoms with Crippen LogP contribution >= 0.6 is 12.4 Å². The summed E-state index contributed by atoms with van der Waals surface area (Å²) in [5, 5.41) is 5.34. The quantitative estimate of drug-likeness (QED) is 0.826. The number of nitrogens with zero attached hydrogens (tertiary/aromatic N) is 1. The summed E-state index contributed by atoms with van der Waals surface area (Å²) in [5.74, 6) is -0.977. The van der Waals surface area contributed by atoms with Crippen LogP contribution in [0.4, 0.5) is 18.9 Å². The molecule has 1 aromatic rings. The Balaban J connectivity index is 0.00000312. The number of alkyl halides is 3. The Hall–Kier alpha value is -1.80. The first-order valence-corrected chi connectivity index (χ1v) is 7.78. The molecule has 0 spiro atoms. The minimum atomic E-state index is -4.56. The molecule has 5 nitrogen and oxygen atoms in total. The van der Waals surface area contributed by atoms with Crippen molar-refractivity contribution in [3.63, 3.8) is 0 Å².